The topological polar surface area (TPSA) is 45.9 Å². The minimum Gasteiger partial charge on any atom is -0.457 e. The number of hydrogen-bond donors (Lipinski definition) is 0. The lowest BCUT2D eigenvalue weighted by Crippen LogP contribution is -2.05. The molecular weight excluding hydrogens is 460 g/mol. The van der Waals surface area contributed by atoms with E-state index < -0.39 is 0 Å². The zero-order chi connectivity index (χ0) is 21.1. The molecule has 5 heteroatoms. The normalized spacial score (nSPS) is 15.7. The number of aromatic nitrogens is 1. The van der Waals surface area contributed by atoms with Crippen LogP contribution in [0.4, 0.5) is 0 Å². The molecule has 1 aliphatic rings. The quantitative estimate of drug-likeness (QED) is 0.385. The van der Waals surface area contributed by atoms with Gasteiger partial charge in [0.2, 0.25) is 0 Å². The molecule has 0 N–H and O–H groups in total. The van der Waals surface area contributed by atoms with Gasteiger partial charge in [-0.15, -0.1) is 0 Å². The van der Waals surface area contributed by atoms with Crippen LogP contribution < -0.4 is 4.74 Å². The number of pyridine rings is 1. The van der Waals surface area contributed by atoms with E-state index in [0.29, 0.717) is 27.9 Å². The Morgan fingerprint density at radius 2 is 1.80 bits per heavy atom. The summed E-state index contributed by atoms with van der Waals surface area (Å²) in [4.78, 5) is 4.83. The van der Waals surface area contributed by atoms with Crippen molar-refractivity contribution in [3.63, 3.8) is 0 Å². The Morgan fingerprint density at radius 3 is 2.50 bits per heavy atom. The number of benzene rings is 2. The molecule has 0 saturated heterocycles. The van der Waals surface area contributed by atoms with E-state index in [4.69, 9.17) is 21.3 Å². The van der Waals surface area contributed by atoms with Crippen molar-refractivity contribution in [2.24, 2.45) is 5.92 Å². The molecule has 1 atom stereocenters. The SMILES string of the molecule is CC1CC=C(Br)C=C1c1cc(Cl)c(C#N)c(-c2ccc(Oc3ccccc3)cc2)n1. The highest BCUT2D eigenvalue weighted by Gasteiger charge is 2.20. The van der Waals surface area contributed by atoms with Crippen LogP contribution in [0.3, 0.4) is 0 Å². The third kappa shape index (κ3) is 4.33. The van der Waals surface area contributed by atoms with E-state index in [2.05, 4.69) is 41.1 Å². The fourth-order valence-electron chi connectivity index (χ4n) is 3.37. The van der Waals surface area contributed by atoms with Crippen molar-refractivity contribution in [1.29, 1.82) is 5.26 Å². The highest BCUT2D eigenvalue weighted by Crippen LogP contribution is 2.37. The zero-order valence-electron chi connectivity index (χ0n) is 16.3. The molecule has 3 aromatic rings. The number of ether oxygens (including phenoxy) is 1. The van der Waals surface area contributed by atoms with E-state index in [1.165, 1.54) is 0 Å². The van der Waals surface area contributed by atoms with Crippen molar-refractivity contribution < 1.29 is 4.74 Å². The fourth-order valence-corrected chi connectivity index (χ4v) is 4.04. The van der Waals surface area contributed by atoms with Gasteiger partial charge in [-0.2, -0.15) is 5.26 Å². The molecule has 0 fully saturated rings. The second-order valence-electron chi connectivity index (χ2n) is 7.09. The van der Waals surface area contributed by atoms with Gasteiger partial charge in [0.1, 0.15) is 17.6 Å². The molecule has 0 saturated carbocycles. The molecule has 4 rings (SSSR count). The maximum atomic E-state index is 9.67. The van der Waals surface area contributed by atoms with Crippen molar-refractivity contribution in [3.8, 4) is 28.8 Å². The van der Waals surface area contributed by atoms with Crippen molar-refractivity contribution in [1.82, 2.24) is 4.98 Å². The van der Waals surface area contributed by atoms with Crippen LogP contribution in [-0.4, -0.2) is 4.98 Å². The molecule has 1 heterocycles. The predicted molar refractivity (Wildman–Crippen MR) is 125 cm³/mol. The Hall–Kier alpha value is -2.87. The van der Waals surface area contributed by atoms with Gasteiger partial charge in [0, 0.05) is 10.0 Å². The molecule has 1 aliphatic carbocycles. The first-order valence-electron chi connectivity index (χ1n) is 9.56. The highest BCUT2D eigenvalue weighted by molar-refractivity contribution is 9.11. The lowest BCUT2D eigenvalue weighted by Gasteiger charge is -2.19. The third-order valence-electron chi connectivity index (χ3n) is 4.98. The molecule has 0 amide bonds. The van der Waals surface area contributed by atoms with Crippen molar-refractivity contribution in [2.75, 3.05) is 0 Å². The Balaban J connectivity index is 1.72. The van der Waals surface area contributed by atoms with E-state index in [0.717, 1.165) is 33.5 Å². The molecule has 3 nitrogen and oxygen atoms in total. The molecule has 2 aromatic carbocycles. The van der Waals surface area contributed by atoms with Gasteiger partial charge in [-0.05, 0) is 66.5 Å². The van der Waals surface area contributed by atoms with Gasteiger partial charge in [-0.3, -0.25) is 0 Å². The van der Waals surface area contributed by atoms with Crippen LogP contribution in [0.15, 0.2) is 77.3 Å². The molecule has 148 valence electrons. The van der Waals surface area contributed by atoms with Gasteiger partial charge in [0.25, 0.3) is 0 Å². The molecule has 0 bridgehead atoms. The van der Waals surface area contributed by atoms with Crippen LogP contribution in [0, 0.1) is 17.2 Å². The van der Waals surface area contributed by atoms with Crippen LogP contribution in [-0.2, 0) is 0 Å². The maximum absolute atomic E-state index is 9.67. The van der Waals surface area contributed by atoms with Gasteiger partial charge in [0.15, 0.2) is 0 Å². The summed E-state index contributed by atoms with van der Waals surface area (Å²) in [5.41, 5.74) is 3.65. The summed E-state index contributed by atoms with van der Waals surface area (Å²) in [6.07, 6.45) is 5.14. The van der Waals surface area contributed by atoms with E-state index in [1.54, 1.807) is 6.07 Å². The largest absolute Gasteiger partial charge is 0.457 e. The fraction of sp³-hybridized carbons (Fsp3) is 0.120. The number of halogens is 2. The van der Waals surface area contributed by atoms with Gasteiger partial charge in [0.05, 0.1) is 22.0 Å². The molecule has 0 spiro atoms. The summed E-state index contributed by atoms with van der Waals surface area (Å²) in [5.74, 6) is 1.80. The van der Waals surface area contributed by atoms with Gasteiger partial charge < -0.3 is 4.74 Å². The Kier molecular flexibility index (Phi) is 6.03. The van der Waals surface area contributed by atoms with Crippen LogP contribution in [0.1, 0.15) is 24.6 Å². The monoisotopic (exact) mass is 476 g/mol. The molecule has 1 unspecified atom stereocenters. The summed E-state index contributed by atoms with van der Waals surface area (Å²) in [6.45, 7) is 2.16. The van der Waals surface area contributed by atoms with Crippen LogP contribution >= 0.6 is 27.5 Å². The van der Waals surface area contributed by atoms with Gasteiger partial charge in [-0.25, -0.2) is 4.98 Å². The van der Waals surface area contributed by atoms with E-state index in [1.807, 2.05) is 54.6 Å². The summed E-state index contributed by atoms with van der Waals surface area (Å²) < 4.78 is 6.89. The number of allylic oxidation sites excluding steroid dienone is 4. The highest BCUT2D eigenvalue weighted by atomic mass is 79.9. The number of nitriles is 1. The standard InChI is InChI=1S/C25H18BrClN2O/c1-16-7-10-18(26)13-21(16)24-14-23(27)22(15-28)25(29-24)17-8-11-20(12-9-17)30-19-5-3-2-4-6-19/h2-6,8-14,16H,7H2,1H3. The number of hydrogen-bond acceptors (Lipinski definition) is 3. The average molecular weight is 478 g/mol. The zero-order valence-corrected chi connectivity index (χ0v) is 18.6. The first-order chi connectivity index (χ1) is 14.5. The number of rotatable bonds is 4. The lowest BCUT2D eigenvalue weighted by atomic mass is 9.90. The average Bonchev–Trinajstić information content (AvgIpc) is 2.76. The van der Waals surface area contributed by atoms with Gasteiger partial charge >= 0.3 is 0 Å². The van der Waals surface area contributed by atoms with E-state index in [-0.39, 0.29) is 0 Å². The van der Waals surface area contributed by atoms with E-state index >= 15 is 0 Å². The summed E-state index contributed by atoms with van der Waals surface area (Å²) in [7, 11) is 0. The molecule has 1 aromatic heterocycles. The number of para-hydroxylation sites is 1. The Bertz CT molecular complexity index is 1180. The predicted octanol–water partition coefficient (Wildman–Crippen LogP) is 7.77. The lowest BCUT2D eigenvalue weighted by molar-refractivity contribution is 0.483. The van der Waals surface area contributed by atoms with Crippen LogP contribution in [0.25, 0.3) is 16.8 Å². The van der Waals surface area contributed by atoms with Crippen molar-refractivity contribution in [2.45, 2.75) is 13.3 Å². The summed E-state index contributed by atoms with van der Waals surface area (Å²) in [5, 5.41) is 10.1. The minimum absolute atomic E-state index is 0.317. The second-order valence-corrected chi connectivity index (χ2v) is 8.41. The summed E-state index contributed by atoms with van der Waals surface area (Å²) >= 11 is 10.0. The molecule has 0 aliphatic heterocycles. The Labute approximate surface area is 189 Å². The van der Waals surface area contributed by atoms with Crippen LogP contribution in [0.2, 0.25) is 5.02 Å². The second kappa shape index (κ2) is 8.87. The minimum atomic E-state index is 0.317. The molecule has 30 heavy (non-hydrogen) atoms. The van der Waals surface area contributed by atoms with Crippen molar-refractivity contribution in [3.05, 3.63) is 93.6 Å². The third-order valence-corrected chi connectivity index (χ3v) is 5.83. The van der Waals surface area contributed by atoms with Crippen LogP contribution in [0.5, 0.6) is 11.5 Å². The van der Waals surface area contributed by atoms with E-state index in [9.17, 15) is 5.26 Å². The summed E-state index contributed by atoms with van der Waals surface area (Å²) in [6, 6.07) is 21.1. The molecule has 0 radical (unpaired) electrons. The Morgan fingerprint density at radius 1 is 1.10 bits per heavy atom. The first kappa shape index (κ1) is 20.4. The first-order valence-corrected chi connectivity index (χ1v) is 10.7. The maximum Gasteiger partial charge on any atom is 0.127 e. The van der Waals surface area contributed by atoms with Crippen molar-refractivity contribution >= 4 is 33.1 Å². The van der Waals surface area contributed by atoms with Gasteiger partial charge in [-0.1, -0.05) is 58.7 Å². The molecular formula is C25H18BrClN2O. The number of nitrogens with zero attached hydrogens (tertiary/aromatic N) is 2. The smallest absolute Gasteiger partial charge is 0.127 e.